The topological polar surface area (TPSA) is 74.5 Å². The van der Waals surface area contributed by atoms with Crippen LogP contribution in [0.5, 0.6) is 0 Å². The SMILES string of the molecule is CC(C)(CNC(=O)NCC(C)(O)c1ccco1)c1ccccc1F. The number of aliphatic hydroxyl groups is 1. The van der Waals surface area contributed by atoms with E-state index in [4.69, 9.17) is 4.42 Å². The first-order valence-corrected chi connectivity index (χ1v) is 7.75. The van der Waals surface area contributed by atoms with E-state index in [1.165, 1.54) is 12.3 Å². The number of carbonyl (C=O) groups excluding carboxylic acids is 1. The maximum absolute atomic E-state index is 13.9. The smallest absolute Gasteiger partial charge is 0.314 e. The monoisotopic (exact) mass is 334 g/mol. The van der Waals surface area contributed by atoms with Gasteiger partial charge in [-0.2, -0.15) is 0 Å². The highest BCUT2D eigenvalue weighted by molar-refractivity contribution is 5.74. The second kappa shape index (κ2) is 7.05. The lowest BCUT2D eigenvalue weighted by molar-refractivity contribution is 0.0367. The van der Waals surface area contributed by atoms with Gasteiger partial charge in [0.25, 0.3) is 0 Å². The van der Waals surface area contributed by atoms with Gasteiger partial charge in [-0.3, -0.25) is 0 Å². The first kappa shape index (κ1) is 18.0. The molecule has 0 aliphatic heterocycles. The Bertz CT molecular complexity index is 681. The molecule has 2 aromatic rings. The Balaban J connectivity index is 1.88. The summed E-state index contributed by atoms with van der Waals surface area (Å²) in [5.41, 5.74) is -1.33. The number of rotatable bonds is 6. The van der Waals surface area contributed by atoms with Crippen molar-refractivity contribution in [2.75, 3.05) is 13.1 Å². The van der Waals surface area contributed by atoms with E-state index in [-0.39, 0.29) is 18.9 Å². The molecule has 2 amide bonds. The minimum absolute atomic E-state index is 0.00747. The molecule has 0 spiro atoms. The Kier molecular flexibility index (Phi) is 5.29. The number of halogens is 1. The van der Waals surface area contributed by atoms with Crippen molar-refractivity contribution in [2.24, 2.45) is 0 Å². The van der Waals surface area contributed by atoms with E-state index in [2.05, 4.69) is 10.6 Å². The molecule has 24 heavy (non-hydrogen) atoms. The van der Waals surface area contributed by atoms with Crippen LogP contribution in [-0.2, 0) is 11.0 Å². The van der Waals surface area contributed by atoms with Crippen LogP contribution >= 0.6 is 0 Å². The van der Waals surface area contributed by atoms with Crippen molar-refractivity contribution in [3.05, 3.63) is 59.8 Å². The molecule has 1 heterocycles. The third kappa shape index (κ3) is 4.35. The molecule has 1 atom stereocenters. The van der Waals surface area contributed by atoms with Crippen LogP contribution in [0, 0.1) is 5.82 Å². The zero-order valence-corrected chi connectivity index (χ0v) is 14.1. The zero-order chi connectivity index (χ0) is 17.8. The molecule has 0 fully saturated rings. The van der Waals surface area contributed by atoms with E-state index in [1.807, 2.05) is 13.8 Å². The number of hydrogen-bond donors (Lipinski definition) is 3. The van der Waals surface area contributed by atoms with Gasteiger partial charge >= 0.3 is 6.03 Å². The second-order valence-electron chi connectivity index (χ2n) is 6.65. The summed E-state index contributed by atoms with van der Waals surface area (Å²) in [5, 5.41) is 15.6. The molecule has 5 nitrogen and oxygen atoms in total. The summed E-state index contributed by atoms with van der Waals surface area (Å²) in [4.78, 5) is 12.0. The third-order valence-electron chi connectivity index (χ3n) is 3.94. The summed E-state index contributed by atoms with van der Waals surface area (Å²) in [6.45, 7) is 5.50. The maximum Gasteiger partial charge on any atom is 0.314 e. The number of carbonyl (C=O) groups is 1. The molecule has 0 bridgehead atoms. The Morgan fingerprint density at radius 3 is 2.42 bits per heavy atom. The molecule has 0 aliphatic carbocycles. The van der Waals surface area contributed by atoms with E-state index in [0.717, 1.165) is 0 Å². The van der Waals surface area contributed by atoms with E-state index in [9.17, 15) is 14.3 Å². The average molecular weight is 334 g/mol. The van der Waals surface area contributed by atoms with Crippen molar-refractivity contribution in [2.45, 2.75) is 31.8 Å². The molecule has 0 saturated heterocycles. The minimum atomic E-state index is -1.30. The molecule has 2 rings (SSSR count). The molecule has 0 saturated carbocycles. The Morgan fingerprint density at radius 1 is 1.12 bits per heavy atom. The molecule has 1 unspecified atom stereocenters. The zero-order valence-electron chi connectivity index (χ0n) is 14.1. The van der Waals surface area contributed by atoms with Crippen LogP contribution < -0.4 is 10.6 Å². The van der Waals surface area contributed by atoms with Crippen LogP contribution in [0.2, 0.25) is 0 Å². The number of hydrogen-bond acceptors (Lipinski definition) is 3. The van der Waals surface area contributed by atoms with Crippen LogP contribution in [0.25, 0.3) is 0 Å². The van der Waals surface area contributed by atoms with Gasteiger partial charge in [0.2, 0.25) is 0 Å². The quantitative estimate of drug-likeness (QED) is 0.760. The van der Waals surface area contributed by atoms with Crippen LogP contribution in [0.15, 0.2) is 47.1 Å². The number of furan rings is 1. The minimum Gasteiger partial charge on any atom is -0.466 e. The Labute approximate surface area is 140 Å². The average Bonchev–Trinajstić information content (AvgIpc) is 3.07. The lowest BCUT2D eigenvalue weighted by atomic mass is 9.84. The molecule has 1 aromatic carbocycles. The van der Waals surface area contributed by atoms with Gasteiger partial charge in [0.05, 0.1) is 12.8 Å². The fourth-order valence-electron chi connectivity index (χ4n) is 2.39. The Morgan fingerprint density at radius 2 is 1.79 bits per heavy atom. The highest BCUT2D eigenvalue weighted by atomic mass is 19.1. The van der Waals surface area contributed by atoms with Crippen molar-refractivity contribution >= 4 is 6.03 Å². The van der Waals surface area contributed by atoms with Gasteiger partial charge in [-0.25, -0.2) is 9.18 Å². The third-order valence-corrected chi connectivity index (χ3v) is 3.94. The molecule has 6 heteroatoms. The Hall–Kier alpha value is -2.34. The van der Waals surface area contributed by atoms with Crippen molar-refractivity contribution in [1.29, 1.82) is 0 Å². The van der Waals surface area contributed by atoms with Crippen LogP contribution in [0.3, 0.4) is 0 Å². The predicted molar refractivity (Wildman–Crippen MR) is 89.1 cm³/mol. The summed E-state index contributed by atoms with van der Waals surface area (Å²) >= 11 is 0. The normalized spacial score (nSPS) is 14.0. The summed E-state index contributed by atoms with van der Waals surface area (Å²) in [6, 6.07) is 9.37. The second-order valence-corrected chi connectivity index (χ2v) is 6.65. The first-order chi connectivity index (χ1) is 11.2. The lowest BCUT2D eigenvalue weighted by Crippen LogP contribution is -2.46. The van der Waals surface area contributed by atoms with Crippen LogP contribution in [0.4, 0.5) is 9.18 Å². The van der Waals surface area contributed by atoms with Gasteiger partial charge in [0, 0.05) is 12.0 Å². The van der Waals surface area contributed by atoms with Crippen molar-refractivity contribution in [3.8, 4) is 0 Å². The largest absolute Gasteiger partial charge is 0.466 e. The van der Waals surface area contributed by atoms with Gasteiger partial charge in [-0.1, -0.05) is 32.0 Å². The van der Waals surface area contributed by atoms with Crippen molar-refractivity contribution < 1.29 is 18.7 Å². The predicted octanol–water partition coefficient (Wildman–Crippen LogP) is 2.90. The molecule has 0 radical (unpaired) electrons. The maximum atomic E-state index is 13.9. The fraction of sp³-hybridized carbons (Fsp3) is 0.389. The summed E-state index contributed by atoms with van der Waals surface area (Å²) in [5.74, 6) is 0.0694. The fourth-order valence-corrected chi connectivity index (χ4v) is 2.39. The van der Waals surface area contributed by atoms with Crippen molar-refractivity contribution in [1.82, 2.24) is 10.6 Å². The molecule has 130 valence electrons. The van der Waals surface area contributed by atoms with Crippen LogP contribution in [0.1, 0.15) is 32.1 Å². The molecular weight excluding hydrogens is 311 g/mol. The molecule has 0 aliphatic rings. The molecule has 3 N–H and O–H groups in total. The van der Waals surface area contributed by atoms with Crippen LogP contribution in [-0.4, -0.2) is 24.2 Å². The van der Waals surface area contributed by atoms with E-state index in [0.29, 0.717) is 11.3 Å². The first-order valence-electron chi connectivity index (χ1n) is 7.75. The number of benzene rings is 1. The van der Waals surface area contributed by atoms with Gasteiger partial charge in [0.1, 0.15) is 17.2 Å². The summed E-state index contributed by atoms with van der Waals surface area (Å²) in [6.07, 6.45) is 1.46. The van der Waals surface area contributed by atoms with Gasteiger partial charge in [-0.05, 0) is 30.7 Å². The number of nitrogens with one attached hydrogen (secondary N) is 2. The number of amides is 2. The van der Waals surface area contributed by atoms with Gasteiger partial charge in [-0.15, -0.1) is 0 Å². The highest BCUT2D eigenvalue weighted by Crippen LogP contribution is 2.24. The lowest BCUT2D eigenvalue weighted by Gasteiger charge is -2.27. The standard InChI is InChI=1S/C18H23FN2O3/c1-17(2,13-7-4-5-8-14(13)19)11-20-16(22)21-12-18(3,23)15-9-6-10-24-15/h4-10,23H,11-12H2,1-3H3,(H2,20,21,22). The highest BCUT2D eigenvalue weighted by Gasteiger charge is 2.28. The summed E-state index contributed by atoms with van der Waals surface area (Å²) in [7, 11) is 0. The van der Waals surface area contributed by atoms with E-state index >= 15 is 0 Å². The van der Waals surface area contributed by atoms with Gasteiger partial charge in [0.15, 0.2) is 0 Å². The summed E-state index contributed by atoms with van der Waals surface area (Å²) < 4.78 is 19.1. The van der Waals surface area contributed by atoms with E-state index in [1.54, 1.807) is 37.3 Å². The van der Waals surface area contributed by atoms with Gasteiger partial charge < -0.3 is 20.2 Å². The molecule has 1 aromatic heterocycles. The number of urea groups is 1. The molecular formula is C18H23FN2O3. The van der Waals surface area contributed by atoms with E-state index < -0.39 is 17.0 Å². The van der Waals surface area contributed by atoms with Crippen molar-refractivity contribution in [3.63, 3.8) is 0 Å².